The number of carbonyl (C=O) groups excluding carboxylic acids is 3. The summed E-state index contributed by atoms with van der Waals surface area (Å²) in [5, 5.41) is 2.67. The van der Waals surface area contributed by atoms with Crippen LogP contribution in [-0.2, 0) is 23.8 Å². The molecule has 1 N–H and O–H groups in total. The van der Waals surface area contributed by atoms with Gasteiger partial charge in [-0.15, -0.1) is 0 Å². The molecular formula is C14H24N2O6. The number of rotatable bonds is 6. The number of likely N-dealkylation sites (tertiary alicyclic amines) is 1. The van der Waals surface area contributed by atoms with Crippen LogP contribution in [0.4, 0.5) is 4.79 Å². The quantitative estimate of drug-likeness (QED) is 0.428. The van der Waals surface area contributed by atoms with Crippen LogP contribution < -0.4 is 5.32 Å². The summed E-state index contributed by atoms with van der Waals surface area (Å²) in [6.07, 6.45) is -0.288. The first-order chi connectivity index (χ1) is 10.2. The molecule has 1 aliphatic rings. The van der Waals surface area contributed by atoms with E-state index in [1.807, 2.05) is 4.90 Å². The summed E-state index contributed by atoms with van der Waals surface area (Å²) < 4.78 is 14.8. The molecule has 126 valence electrons. The molecule has 1 fully saturated rings. The number of nitrogens with one attached hydrogen (secondary N) is 1. The van der Waals surface area contributed by atoms with Crippen LogP contribution in [0, 0.1) is 0 Å². The molecule has 8 heteroatoms. The number of alkyl carbamates (subject to hydrolysis) is 1. The lowest BCUT2D eigenvalue weighted by Crippen LogP contribution is -2.43. The van der Waals surface area contributed by atoms with E-state index in [0.29, 0.717) is 26.0 Å². The van der Waals surface area contributed by atoms with Gasteiger partial charge in [0, 0.05) is 25.6 Å². The van der Waals surface area contributed by atoms with Crippen molar-refractivity contribution in [3.8, 4) is 0 Å². The third-order valence-electron chi connectivity index (χ3n) is 3.18. The van der Waals surface area contributed by atoms with Gasteiger partial charge in [0.05, 0.1) is 13.7 Å². The van der Waals surface area contributed by atoms with Gasteiger partial charge in [-0.2, -0.15) is 0 Å². The van der Waals surface area contributed by atoms with Crippen LogP contribution in [0.25, 0.3) is 0 Å². The van der Waals surface area contributed by atoms with Crippen molar-refractivity contribution in [2.24, 2.45) is 0 Å². The third-order valence-corrected chi connectivity index (χ3v) is 3.18. The van der Waals surface area contributed by atoms with Crippen LogP contribution in [0.3, 0.4) is 0 Å². The molecule has 0 aliphatic carbocycles. The predicted molar refractivity (Wildman–Crippen MR) is 77.2 cm³/mol. The second kappa shape index (κ2) is 7.98. The lowest BCUT2D eigenvalue weighted by atomic mass is 10.2. The van der Waals surface area contributed by atoms with Gasteiger partial charge in [-0.05, 0) is 20.8 Å². The highest BCUT2D eigenvalue weighted by Crippen LogP contribution is 2.19. The summed E-state index contributed by atoms with van der Waals surface area (Å²) in [5.41, 5.74) is -0.575. The first-order valence-electron chi connectivity index (χ1n) is 7.12. The number of methoxy groups -OCH3 is 1. The molecule has 0 unspecified atom stereocenters. The molecule has 22 heavy (non-hydrogen) atoms. The summed E-state index contributed by atoms with van der Waals surface area (Å²) in [5.74, 6) is -0.381. The maximum absolute atomic E-state index is 11.7. The Hall–Kier alpha value is -1.83. The van der Waals surface area contributed by atoms with E-state index in [2.05, 4.69) is 10.1 Å². The minimum atomic E-state index is -0.575. The van der Waals surface area contributed by atoms with Crippen molar-refractivity contribution in [1.29, 1.82) is 0 Å². The Morgan fingerprint density at radius 1 is 1.36 bits per heavy atom. The Kier molecular flexibility index (Phi) is 6.61. The number of ether oxygens (including phenoxy) is 3. The van der Waals surface area contributed by atoms with E-state index in [9.17, 15) is 14.4 Å². The number of carbonyl (C=O) groups is 3. The normalized spacial score (nSPS) is 22.0. The lowest BCUT2D eigenvalue weighted by Gasteiger charge is -2.24. The van der Waals surface area contributed by atoms with E-state index in [-0.39, 0.29) is 24.7 Å². The molecule has 2 atom stereocenters. The predicted octanol–water partition coefficient (Wildman–Crippen LogP) is 0.300. The number of hydrogen-bond donors (Lipinski definition) is 1. The first-order valence-corrected chi connectivity index (χ1v) is 7.12. The molecular weight excluding hydrogens is 292 g/mol. The van der Waals surface area contributed by atoms with Crippen LogP contribution in [0.5, 0.6) is 0 Å². The number of amides is 1. The van der Waals surface area contributed by atoms with Gasteiger partial charge in [0.15, 0.2) is 0 Å². The standard InChI is InChI=1S/C14H24N2O6/c1-14(2,3)22-13(19)15-6-10-5-11(21-9-17)7-16(10)8-12(18)20-4/h9-11H,5-8H2,1-4H3,(H,15,19)/t10-,11+/m1/s1. The fourth-order valence-electron chi connectivity index (χ4n) is 2.27. The van der Waals surface area contributed by atoms with Crippen LogP contribution >= 0.6 is 0 Å². The van der Waals surface area contributed by atoms with Gasteiger partial charge < -0.3 is 19.5 Å². The SMILES string of the molecule is COC(=O)CN1C[C@@H](OC=O)C[C@@H]1CNC(=O)OC(C)(C)C. The smallest absolute Gasteiger partial charge is 0.407 e. The molecule has 0 aromatic rings. The van der Waals surface area contributed by atoms with Crippen molar-refractivity contribution in [2.45, 2.75) is 44.9 Å². The minimum absolute atomic E-state index is 0.0792. The fourth-order valence-corrected chi connectivity index (χ4v) is 2.27. The largest absolute Gasteiger partial charge is 0.468 e. The molecule has 1 rings (SSSR count). The molecule has 0 radical (unpaired) electrons. The number of esters is 1. The zero-order valence-corrected chi connectivity index (χ0v) is 13.5. The summed E-state index contributed by atoms with van der Waals surface area (Å²) >= 11 is 0. The molecule has 1 aliphatic heterocycles. The van der Waals surface area contributed by atoms with E-state index >= 15 is 0 Å². The van der Waals surface area contributed by atoms with Crippen LogP contribution in [0.2, 0.25) is 0 Å². The van der Waals surface area contributed by atoms with Gasteiger partial charge in [0.25, 0.3) is 6.47 Å². The molecule has 1 amide bonds. The van der Waals surface area contributed by atoms with Gasteiger partial charge in [0.1, 0.15) is 11.7 Å². The monoisotopic (exact) mass is 316 g/mol. The molecule has 0 aromatic carbocycles. The molecule has 8 nitrogen and oxygen atoms in total. The van der Waals surface area contributed by atoms with E-state index < -0.39 is 11.7 Å². The average molecular weight is 316 g/mol. The van der Waals surface area contributed by atoms with Gasteiger partial charge in [-0.25, -0.2) is 4.79 Å². The maximum atomic E-state index is 11.7. The lowest BCUT2D eigenvalue weighted by molar-refractivity contribution is -0.142. The molecule has 0 spiro atoms. The zero-order chi connectivity index (χ0) is 16.8. The highest BCUT2D eigenvalue weighted by molar-refractivity contribution is 5.71. The van der Waals surface area contributed by atoms with E-state index in [4.69, 9.17) is 9.47 Å². The van der Waals surface area contributed by atoms with Crippen LogP contribution in [0.1, 0.15) is 27.2 Å². The van der Waals surface area contributed by atoms with Crippen molar-refractivity contribution in [3.63, 3.8) is 0 Å². The fraction of sp³-hybridized carbons (Fsp3) is 0.786. The summed E-state index contributed by atoms with van der Waals surface area (Å²) in [6, 6.07) is -0.128. The number of nitrogens with zero attached hydrogens (tertiary/aromatic N) is 1. The van der Waals surface area contributed by atoms with Crippen molar-refractivity contribution in [1.82, 2.24) is 10.2 Å². The topological polar surface area (TPSA) is 94.2 Å². The van der Waals surface area contributed by atoms with Crippen molar-refractivity contribution < 1.29 is 28.6 Å². The highest BCUT2D eigenvalue weighted by atomic mass is 16.6. The Balaban J connectivity index is 2.54. The van der Waals surface area contributed by atoms with Crippen molar-refractivity contribution in [2.75, 3.05) is 26.7 Å². The van der Waals surface area contributed by atoms with Crippen molar-refractivity contribution in [3.05, 3.63) is 0 Å². The second-order valence-corrected chi connectivity index (χ2v) is 6.13. The molecule has 1 heterocycles. The first kappa shape index (κ1) is 18.2. The molecule has 1 saturated heterocycles. The summed E-state index contributed by atoms with van der Waals surface area (Å²) in [4.78, 5) is 35.4. The summed E-state index contributed by atoms with van der Waals surface area (Å²) in [6.45, 7) is 6.53. The van der Waals surface area contributed by atoms with Crippen LogP contribution in [-0.4, -0.2) is 67.9 Å². The Labute approximate surface area is 130 Å². The second-order valence-electron chi connectivity index (χ2n) is 6.13. The van der Waals surface area contributed by atoms with Crippen molar-refractivity contribution >= 4 is 18.5 Å². The van der Waals surface area contributed by atoms with E-state index in [1.54, 1.807) is 20.8 Å². The highest BCUT2D eigenvalue weighted by Gasteiger charge is 2.34. The third kappa shape index (κ3) is 6.30. The molecule has 0 saturated carbocycles. The van der Waals surface area contributed by atoms with E-state index in [1.165, 1.54) is 7.11 Å². The average Bonchev–Trinajstić information content (AvgIpc) is 2.76. The van der Waals surface area contributed by atoms with Gasteiger partial charge in [0.2, 0.25) is 0 Å². The zero-order valence-electron chi connectivity index (χ0n) is 13.5. The number of hydrogen-bond acceptors (Lipinski definition) is 7. The minimum Gasteiger partial charge on any atom is -0.468 e. The van der Waals surface area contributed by atoms with E-state index in [0.717, 1.165) is 0 Å². The molecule has 0 aromatic heterocycles. The van der Waals surface area contributed by atoms with Crippen LogP contribution in [0.15, 0.2) is 0 Å². The summed E-state index contributed by atoms with van der Waals surface area (Å²) in [7, 11) is 1.31. The van der Waals surface area contributed by atoms with Gasteiger partial charge >= 0.3 is 12.1 Å². The Bertz CT molecular complexity index is 407. The maximum Gasteiger partial charge on any atom is 0.407 e. The Morgan fingerprint density at radius 2 is 2.05 bits per heavy atom. The van der Waals surface area contributed by atoms with Gasteiger partial charge in [-0.1, -0.05) is 0 Å². The van der Waals surface area contributed by atoms with Gasteiger partial charge in [-0.3, -0.25) is 14.5 Å². The molecule has 0 bridgehead atoms. The Morgan fingerprint density at radius 3 is 2.59 bits per heavy atom.